The summed E-state index contributed by atoms with van der Waals surface area (Å²) in [6.45, 7) is 1.30. The fraction of sp³-hybridized carbons (Fsp3) is 0.667. The Morgan fingerprint density at radius 1 is 0.419 bits per heavy atom. The van der Waals surface area contributed by atoms with Gasteiger partial charge in [-0.3, -0.25) is 71.7 Å². The van der Waals surface area contributed by atoms with E-state index < -0.39 is 139 Å². The number of hydrogen-bond acceptors (Lipinski definition) is 20. The molecule has 0 aliphatic heterocycles. The van der Waals surface area contributed by atoms with Crippen molar-refractivity contribution in [3.8, 4) is 0 Å². The second-order valence-electron chi connectivity index (χ2n) is 19.6. The highest BCUT2D eigenvalue weighted by molar-refractivity contribution is 5.97. The van der Waals surface area contributed by atoms with Crippen molar-refractivity contribution >= 4 is 77.2 Å². The van der Waals surface area contributed by atoms with Crippen molar-refractivity contribution in [1.82, 2.24) is 67.2 Å². The Morgan fingerprint density at radius 3 is 1.28 bits per heavy atom. The van der Waals surface area contributed by atoms with Gasteiger partial charge in [0.2, 0.25) is 41.4 Å². The lowest BCUT2D eigenvalue weighted by Gasteiger charge is -2.25. The van der Waals surface area contributed by atoms with Crippen molar-refractivity contribution in [1.29, 1.82) is 0 Å². The molecule has 2 rings (SSSR count). The van der Waals surface area contributed by atoms with Gasteiger partial charge in [-0.15, -0.1) is 10.2 Å². The zero-order chi connectivity index (χ0) is 63.8. The van der Waals surface area contributed by atoms with E-state index in [1.165, 1.54) is 9.36 Å². The summed E-state index contributed by atoms with van der Waals surface area (Å²) in [5.74, 6) is -14.5. The molecule has 2 aromatic rings. The summed E-state index contributed by atoms with van der Waals surface area (Å²) in [5, 5.41) is 88.4. The van der Waals surface area contributed by atoms with E-state index in [9.17, 15) is 82.8 Å². The monoisotopic (exact) mass is 1220 g/mol. The van der Waals surface area contributed by atoms with Crippen molar-refractivity contribution < 1.29 is 102 Å². The van der Waals surface area contributed by atoms with Crippen molar-refractivity contribution in [3.63, 3.8) is 0 Å². The number of hydrogen-bond donors (Lipinski definition) is 14. The Bertz CT molecular complexity index is 2540. The van der Waals surface area contributed by atoms with Gasteiger partial charge in [0.05, 0.1) is 57.1 Å². The molecule has 0 bridgehead atoms. The van der Waals surface area contributed by atoms with Gasteiger partial charge in [0.15, 0.2) is 0 Å². The molecule has 2 aromatic heterocycles. The molecule has 0 saturated carbocycles. The molecule has 35 nitrogen and oxygen atoms in total. The Kier molecular flexibility index (Phi) is 35.9. The molecule has 0 aromatic carbocycles. The van der Waals surface area contributed by atoms with E-state index in [0.717, 1.165) is 0 Å². The smallest absolute Gasteiger partial charge is 0.305 e. The summed E-state index contributed by atoms with van der Waals surface area (Å²) >= 11 is 0. The standard InChI is InChI=1S/C51H80N14O21/c52-18-23-85-25-26-86-24-20-54-47(80)34(57-49(82)35(16-17-43(72)73)58-50(83)37(28-45(76)77)55-39(66)12-2-5-21-64-30-32(60-62-64)9-7-14-41(68)69)11-1-4-19-53-48(81)36(27-44(74)75)59-51(84)38(29-46(78)79)56-40(67)13-3-6-22-65-31-33(61-63-65)10-8-15-42(70)71/h30-31,34-38H,1-29,52H2,(H,53,81)(H,54,80)(H,55,66)(H,56,67)(H,57,82)(H,58,83)(H,59,84)(H,68,69)(H,70,71)(H,72,73)(H,74,75)(H,76,77)(H,78,79)/t34-,35-,36-,37-,38-/m0/s1. The quantitative estimate of drug-likeness (QED) is 0.0291. The maximum atomic E-state index is 13.9. The Morgan fingerprint density at radius 2 is 0.826 bits per heavy atom. The predicted octanol–water partition coefficient (Wildman–Crippen LogP) is -3.17. The molecule has 86 heavy (non-hydrogen) atoms. The first kappa shape index (κ1) is 73.4. The molecule has 0 saturated heterocycles. The SMILES string of the molecule is NCCOCCOCCNC(=O)[C@H](CCCCNC(=O)[C@H](CC(=O)O)NC(=O)[C@H](CC(=O)O)NC(=O)CCCCn1cc(CCCC(=O)O)nn1)NC(=O)[C@H](CCC(=O)O)NC(=O)[C@H](CC(=O)O)NC(=O)CCCCn1cc(CCCC(=O)O)nn1. The summed E-state index contributed by atoms with van der Waals surface area (Å²) in [5.41, 5.74) is 6.56. The molecule has 15 N–H and O–H groups in total. The number of aryl methyl sites for hydroxylation is 4. The van der Waals surface area contributed by atoms with Crippen LogP contribution >= 0.6 is 0 Å². The van der Waals surface area contributed by atoms with Crippen LogP contribution in [0.3, 0.4) is 0 Å². The number of carboxylic acids is 6. The van der Waals surface area contributed by atoms with Gasteiger partial charge < -0.3 is 83.1 Å². The topological polar surface area (TPSA) is 533 Å². The molecule has 0 aliphatic rings. The van der Waals surface area contributed by atoms with Crippen LogP contribution in [0.2, 0.25) is 0 Å². The first-order valence-corrected chi connectivity index (χ1v) is 28.0. The summed E-state index contributed by atoms with van der Waals surface area (Å²) in [4.78, 5) is 162. The largest absolute Gasteiger partial charge is 0.481 e. The van der Waals surface area contributed by atoms with Crippen LogP contribution in [0.15, 0.2) is 12.4 Å². The minimum atomic E-state index is -1.77. The number of amides is 7. The highest BCUT2D eigenvalue weighted by Gasteiger charge is 2.33. The van der Waals surface area contributed by atoms with Crippen molar-refractivity contribution in [2.45, 2.75) is 172 Å². The molecule has 2 heterocycles. The summed E-state index contributed by atoms with van der Waals surface area (Å²) < 4.78 is 13.7. The van der Waals surface area contributed by atoms with Crippen LogP contribution < -0.4 is 43.0 Å². The maximum absolute atomic E-state index is 13.9. The van der Waals surface area contributed by atoms with E-state index in [2.05, 4.69) is 57.8 Å². The molecule has 0 aliphatic carbocycles. The Labute approximate surface area is 493 Å². The minimum Gasteiger partial charge on any atom is -0.481 e. The lowest BCUT2D eigenvalue weighted by Crippen LogP contribution is -2.57. The first-order valence-electron chi connectivity index (χ1n) is 28.0. The molecule has 0 fully saturated rings. The van der Waals surface area contributed by atoms with E-state index in [-0.39, 0.29) is 97.2 Å². The van der Waals surface area contributed by atoms with E-state index >= 15 is 0 Å². The van der Waals surface area contributed by atoms with E-state index in [0.29, 0.717) is 69.6 Å². The molecular formula is C51H80N14O21. The number of aromatic nitrogens is 6. The van der Waals surface area contributed by atoms with Crippen LogP contribution in [-0.4, -0.2) is 214 Å². The van der Waals surface area contributed by atoms with Crippen LogP contribution in [0.25, 0.3) is 0 Å². The number of aliphatic carboxylic acids is 6. The zero-order valence-corrected chi connectivity index (χ0v) is 47.6. The molecule has 7 amide bonds. The molecule has 0 radical (unpaired) electrons. The number of carbonyl (C=O) groups excluding carboxylic acids is 7. The molecule has 0 unspecified atom stereocenters. The minimum absolute atomic E-state index is 0.00978. The summed E-state index contributed by atoms with van der Waals surface area (Å²) in [6.07, 6.45) is 1.52. The zero-order valence-electron chi connectivity index (χ0n) is 47.6. The highest BCUT2D eigenvalue weighted by atomic mass is 16.5. The second-order valence-corrected chi connectivity index (χ2v) is 19.6. The fourth-order valence-electron chi connectivity index (χ4n) is 7.98. The molecular weight excluding hydrogens is 1140 g/mol. The number of nitrogens with two attached hydrogens (primary N) is 1. The van der Waals surface area contributed by atoms with Gasteiger partial charge in [-0.1, -0.05) is 10.4 Å². The van der Waals surface area contributed by atoms with Crippen LogP contribution in [0.4, 0.5) is 0 Å². The van der Waals surface area contributed by atoms with Crippen molar-refractivity contribution in [2.75, 3.05) is 46.1 Å². The number of rotatable bonds is 50. The summed E-state index contributed by atoms with van der Waals surface area (Å²) in [6, 6.07) is -8.34. The van der Waals surface area contributed by atoms with Gasteiger partial charge >= 0.3 is 35.8 Å². The third-order valence-corrected chi connectivity index (χ3v) is 12.3. The number of nitrogens with one attached hydrogen (secondary N) is 7. The average molecular weight is 1230 g/mol. The van der Waals surface area contributed by atoms with E-state index in [1.54, 1.807) is 12.4 Å². The maximum Gasteiger partial charge on any atom is 0.305 e. The Hall–Kier alpha value is -8.73. The number of nitrogens with zero attached hydrogens (tertiary/aromatic N) is 6. The van der Waals surface area contributed by atoms with Crippen LogP contribution in [0.1, 0.15) is 127 Å². The van der Waals surface area contributed by atoms with Gasteiger partial charge in [-0.25, -0.2) is 0 Å². The third-order valence-electron chi connectivity index (χ3n) is 12.3. The van der Waals surface area contributed by atoms with Gasteiger partial charge in [0.25, 0.3) is 0 Å². The normalized spacial score (nSPS) is 12.7. The Balaban J connectivity index is 2.10. The van der Waals surface area contributed by atoms with Crippen LogP contribution in [0, 0.1) is 0 Å². The van der Waals surface area contributed by atoms with E-state index in [4.69, 9.17) is 25.4 Å². The van der Waals surface area contributed by atoms with Gasteiger partial charge in [0, 0.05) is 77.2 Å². The number of carbonyl (C=O) groups is 13. The average Bonchev–Trinajstić information content (AvgIpc) is 4.09. The number of ether oxygens (including phenoxy) is 2. The molecule has 0 spiro atoms. The van der Waals surface area contributed by atoms with Gasteiger partial charge in [-0.05, 0) is 77.0 Å². The molecule has 5 atom stereocenters. The van der Waals surface area contributed by atoms with Gasteiger partial charge in [-0.2, -0.15) is 0 Å². The van der Waals surface area contributed by atoms with Crippen molar-refractivity contribution in [3.05, 3.63) is 23.8 Å². The van der Waals surface area contributed by atoms with Crippen molar-refractivity contribution in [2.24, 2.45) is 5.73 Å². The van der Waals surface area contributed by atoms with Crippen LogP contribution in [-0.2, 0) is 97.7 Å². The number of carboxylic acid groups (broad SMARTS) is 6. The lowest BCUT2D eigenvalue weighted by molar-refractivity contribution is -0.143. The number of unbranched alkanes of at least 4 members (excludes halogenated alkanes) is 3. The molecule has 480 valence electrons. The van der Waals surface area contributed by atoms with Crippen LogP contribution in [0.5, 0.6) is 0 Å². The summed E-state index contributed by atoms with van der Waals surface area (Å²) in [7, 11) is 0. The third kappa shape index (κ3) is 34.1. The molecule has 35 heteroatoms. The lowest BCUT2D eigenvalue weighted by atomic mass is 10.1. The van der Waals surface area contributed by atoms with E-state index in [1.807, 2.05) is 0 Å². The fourth-order valence-corrected chi connectivity index (χ4v) is 7.98. The predicted molar refractivity (Wildman–Crippen MR) is 293 cm³/mol. The first-order chi connectivity index (χ1) is 40.9. The highest BCUT2D eigenvalue weighted by Crippen LogP contribution is 2.10. The second kappa shape index (κ2) is 42.1. The van der Waals surface area contributed by atoms with Gasteiger partial charge in [0.1, 0.15) is 30.2 Å².